The smallest absolute Gasteiger partial charge is 0.357 e. The number of hydrogen-bond donors (Lipinski definition) is 4. The lowest BCUT2D eigenvalue weighted by molar-refractivity contribution is 0.0594. The monoisotopic (exact) mass is 600 g/mol. The standard InChI is InChI=1S/C32H32N4O6S/c1-41-32(40)28-22(8-9-26(36-28)31(39)34-12-2-3-13-37)23-17-27-25(29-20(10-14-42-27)11-15-43-29)16-24(23)30(38)35-21-6-4-19(18-33)5-7-21/h4-9,11,15-17,37H,2-3,10,12-14,18,33H2,1H3,(H,34,39)(H,35,38). The van der Waals surface area contributed by atoms with Gasteiger partial charge in [0.1, 0.15) is 11.4 Å². The second kappa shape index (κ2) is 13.6. The fourth-order valence-corrected chi connectivity index (χ4v) is 5.81. The normalized spacial score (nSPS) is 11.9. The van der Waals surface area contributed by atoms with Crippen LogP contribution in [0.25, 0.3) is 21.6 Å². The Morgan fingerprint density at radius 3 is 2.58 bits per heavy atom. The Labute approximate surface area is 252 Å². The molecular formula is C32H32N4O6S. The van der Waals surface area contributed by atoms with Crippen molar-refractivity contribution in [2.45, 2.75) is 25.8 Å². The van der Waals surface area contributed by atoms with Crippen LogP contribution in [0.5, 0.6) is 5.75 Å². The predicted octanol–water partition coefficient (Wildman–Crippen LogP) is 4.41. The number of amides is 2. The number of ether oxygens (including phenoxy) is 2. The number of aromatic nitrogens is 1. The van der Waals surface area contributed by atoms with Gasteiger partial charge in [0.25, 0.3) is 11.8 Å². The fourth-order valence-electron chi connectivity index (χ4n) is 4.83. The van der Waals surface area contributed by atoms with Crippen LogP contribution in [0.2, 0.25) is 0 Å². The zero-order chi connectivity index (χ0) is 30.3. The van der Waals surface area contributed by atoms with Gasteiger partial charge in [-0.2, -0.15) is 0 Å². The molecule has 43 heavy (non-hydrogen) atoms. The van der Waals surface area contributed by atoms with Gasteiger partial charge < -0.3 is 30.9 Å². The molecule has 5 N–H and O–H groups in total. The Kier molecular flexibility index (Phi) is 9.45. The SMILES string of the molecule is COC(=O)c1nc(C(=O)NCCCCO)ccc1-c1cc2c(cc1C(=O)Nc1ccc(CN)cc1)-c1sccc1CCO2. The van der Waals surface area contributed by atoms with Crippen molar-refractivity contribution >= 4 is 34.8 Å². The molecule has 2 aromatic heterocycles. The zero-order valence-electron chi connectivity index (χ0n) is 23.6. The number of methoxy groups -OCH3 is 1. The minimum absolute atomic E-state index is 0.0216. The van der Waals surface area contributed by atoms with E-state index in [4.69, 9.17) is 20.3 Å². The first kappa shape index (κ1) is 29.9. The summed E-state index contributed by atoms with van der Waals surface area (Å²) in [5.74, 6) is -1.06. The molecule has 0 atom stereocenters. The number of thiophene rings is 1. The molecule has 0 bridgehead atoms. The molecule has 11 heteroatoms. The molecule has 2 amide bonds. The fraction of sp³-hybridized carbons (Fsp3) is 0.250. The topological polar surface area (TPSA) is 153 Å². The number of carbonyl (C=O) groups is 3. The minimum Gasteiger partial charge on any atom is -0.493 e. The maximum absolute atomic E-state index is 13.9. The minimum atomic E-state index is -0.759. The van der Waals surface area contributed by atoms with Crippen LogP contribution in [-0.4, -0.2) is 54.7 Å². The molecule has 0 radical (unpaired) electrons. The van der Waals surface area contributed by atoms with Crippen LogP contribution < -0.4 is 21.1 Å². The highest BCUT2D eigenvalue weighted by Crippen LogP contribution is 2.43. The maximum Gasteiger partial charge on any atom is 0.357 e. The molecule has 0 saturated heterocycles. The van der Waals surface area contributed by atoms with E-state index < -0.39 is 17.8 Å². The van der Waals surface area contributed by atoms with Crippen molar-refractivity contribution in [1.82, 2.24) is 10.3 Å². The van der Waals surface area contributed by atoms with Crippen molar-refractivity contribution in [1.29, 1.82) is 0 Å². The summed E-state index contributed by atoms with van der Waals surface area (Å²) in [5.41, 5.74) is 10.1. The second-order valence-electron chi connectivity index (χ2n) is 9.89. The number of nitrogens with one attached hydrogen (secondary N) is 2. The average molecular weight is 601 g/mol. The van der Waals surface area contributed by atoms with Gasteiger partial charge in [0.15, 0.2) is 5.69 Å². The summed E-state index contributed by atoms with van der Waals surface area (Å²) in [6.45, 7) is 1.21. The third-order valence-electron chi connectivity index (χ3n) is 7.10. The van der Waals surface area contributed by atoms with Crippen LogP contribution in [-0.2, 0) is 17.7 Å². The van der Waals surface area contributed by atoms with Gasteiger partial charge in [0.05, 0.1) is 13.7 Å². The molecule has 0 unspecified atom stereocenters. The van der Waals surface area contributed by atoms with Gasteiger partial charge in [-0.15, -0.1) is 11.3 Å². The molecule has 1 aliphatic rings. The number of nitrogens with two attached hydrogens (primary N) is 1. The third kappa shape index (κ3) is 6.59. The highest BCUT2D eigenvalue weighted by molar-refractivity contribution is 7.13. The summed E-state index contributed by atoms with van der Waals surface area (Å²) >= 11 is 1.57. The molecular weight excluding hydrogens is 568 g/mol. The van der Waals surface area contributed by atoms with E-state index in [1.807, 2.05) is 17.5 Å². The Balaban J connectivity index is 1.61. The van der Waals surface area contributed by atoms with Crippen LogP contribution in [0, 0.1) is 0 Å². The quantitative estimate of drug-likeness (QED) is 0.154. The van der Waals surface area contributed by atoms with Crippen molar-refractivity contribution < 1.29 is 29.0 Å². The molecule has 0 fully saturated rings. The predicted molar refractivity (Wildman–Crippen MR) is 164 cm³/mol. The van der Waals surface area contributed by atoms with Crippen molar-refractivity contribution in [3.63, 3.8) is 0 Å². The van der Waals surface area contributed by atoms with Crippen molar-refractivity contribution in [3.05, 3.63) is 88.1 Å². The lowest BCUT2D eigenvalue weighted by Gasteiger charge is -2.17. The van der Waals surface area contributed by atoms with Gasteiger partial charge in [0, 0.05) is 58.9 Å². The number of anilines is 1. The molecule has 1 aliphatic heterocycles. The van der Waals surface area contributed by atoms with Crippen LogP contribution >= 0.6 is 11.3 Å². The number of nitrogens with zero attached hydrogens (tertiary/aromatic N) is 1. The molecule has 222 valence electrons. The number of fused-ring (bicyclic) bond motifs is 3. The number of aliphatic hydroxyl groups excluding tert-OH is 1. The van der Waals surface area contributed by atoms with E-state index >= 15 is 0 Å². The second-order valence-corrected chi connectivity index (χ2v) is 10.8. The van der Waals surface area contributed by atoms with Crippen molar-refractivity contribution in [2.75, 3.05) is 32.2 Å². The van der Waals surface area contributed by atoms with Gasteiger partial charge in [-0.05, 0) is 71.8 Å². The number of aliphatic hydroxyl groups is 1. The molecule has 3 heterocycles. The Hall–Kier alpha value is -4.58. The molecule has 4 aromatic rings. The Bertz CT molecular complexity index is 1650. The number of esters is 1. The van der Waals surface area contributed by atoms with Gasteiger partial charge in [0.2, 0.25) is 0 Å². The summed E-state index contributed by atoms with van der Waals surface area (Å²) < 4.78 is 11.2. The van der Waals surface area contributed by atoms with E-state index in [0.29, 0.717) is 60.7 Å². The molecule has 0 saturated carbocycles. The first-order chi connectivity index (χ1) is 20.9. The van der Waals surface area contributed by atoms with E-state index in [-0.39, 0.29) is 18.0 Å². The first-order valence-electron chi connectivity index (χ1n) is 13.9. The van der Waals surface area contributed by atoms with Gasteiger partial charge >= 0.3 is 5.97 Å². The summed E-state index contributed by atoms with van der Waals surface area (Å²) in [4.78, 5) is 45.1. The van der Waals surface area contributed by atoms with Crippen LogP contribution in [0.15, 0.2) is 60.0 Å². The third-order valence-corrected chi connectivity index (χ3v) is 8.09. The van der Waals surface area contributed by atoms with Crippen LogP contribution in [0.3, 0.4) is 0 Å². The highest BCUT2D eigenvalue weighted by Gasteiger charge is 2.27. The van der Waals surface area contributed by atoms with Crippen molar-refractivity contribution in [3.8, 4) is 27.3 Å². The molecule has 0 spiro atoms. The van der Waals surface area contributed by atoms with E-state index in [1.54, 1.807) is 41.7 Å². The number of pyridine rings is 1. The average Bonchev–Trinajstić information content (AvgIpc) is 3.43. The molecule has 5 rings (SSSR count). The van der Waals surface area contributed by atoms with Crippen LogP contribution in [0.1, 0.15) is 55.3 Å². The summed E-state index contributed by atoms with van der Waals surface area (Å²) in [5, 5.41) is 16.7. The summed E-state index contributed by atoms with van der Waals surface area (Å²) in [7, 11) is 1.23. The number of unbranched alkanes of at least 4 members (excludes halogenated alkanes) is 1. The van der Waals surface area contributed by atoms with Crippen molar-refractivity contribution in [2.24, 2.45) is 5.73 Å². The van der Waals surface area contributed by atoms with E-state index in [0.717, 1.165) is 28.0 Å². The summed E-state index contributed by atoms with van der Waals surface area (Å²) in [6.07, 6.45) is 1.86. The van der Waals surface area contributed by atoms with E-state index in [2.05, 4.69) is 21.7 Å². The lowest BCUT2D eigenvalue weighted by atomic mass is 9.93. The maximum atomic E-state index is 13.9. The Morgan fingerprint density at radius 1 is 1.02 bits per heavy atom. The summed E-state index contributed by atoms with van der Waals surface area (Å²) in [6, 6.07) is 15.9. The van der Waals surface area contributed by atoms with E-state index in [1.165, 1.54) is 13.2 Å². The first-order valence-corrected chi connectivity index (χ1v) is 14.8. The molecule has 10 nitrogen and oxygen atoms in total. The lowest BCUT2D eigenvalue weighted by Crippen LogP contribution is -2.26. The number of benzene rings is 2. The largest absolute Gasteiger partial charge is 0.493 e. The zero-order valence-corrected chi connectivity index (χ0v) is 24.5. The Morgan fingerprint density at radius 2 is 1.84 bits per heavy atom. The number of hydrogen-bond acceptors (Lipinski definition) is 9. The molecule has 0 aliphatic carbocycles. The van der Waals surface area contributed by atoms with Gasteiger partial charge in [-0.3, -0.25) is 9.59 Å². The van der Waals surface area contributed by atoms with Gasteiger partial charge in [-0.25, -0.2) is 9.78 Å². The van der Waals surface area contributed by atoms with Gasteiger partial charge in [-0.1, -0.05) is 12.1 Å². The number of carbonyl (C=O) groups excluding carboxylic acids is 3. The highest BCUT2D eigenvalue weighted by atomic mass is 32.1. The van der Waals surface area contributed by atoms with Crippen LogP contribution in [0.4, 0.5) is 5.69 Å². The molecule has 2 aromatic carbocycles. The van der Waals surface area contributed by atoms with E-state index in [9.17, 15) is 14.4 Å². The number of rotatable bonds is 10.